The van der Waals surface area contributed by atoms with Crippen molar-refractivity contribution in [3.8, 4) is 0 Å². The maximum atomic E-state index is 12.5. The van der Waals surface area contributed by atoms with E-state index >= 15 is 0 Å². The van der Waals surface area contributed by atoms with Crippen LogP contribution in [0.15, 0.2) is 41.4 Å². The summed E-state index contributed by atoms with van der Waals surface area (Å²) in [6.07, 6.45) is -2.03. The molecule has 0 bridgehead atoms. The third kappa shape index (κ3) is 8.54. The highest BCUT2D eigenvalue weighted by atomic mass is 32.2. The number of rotatable bonds is 9. The number of alkyl halides is 3. The molecular formula is C21H26F3N3O6S. The Kier molecular flexibility index (Phi) is 10.3. The first kappa shape index (κ1) is 28.7. The summed E-state index contributed by atoms with van der Waals surface area (Å²) in [7, 11) is -3.82. The molecule has 0 fully saturated rings. The fourth-order valence-corrected chi connectivity index (χ4v) is 3.75. The zero-order chi connectivity index (χ0) is 26.1. The van der Waals surface area contributed by atoms with Crippen molar-refractivity contribution in [2.24, 2.45) is 0 Å². The Morgan fingerprint density at radius 2 is 1.56 bits per heavy atom. The fourth-order valence-electron chi connectivity index (χ4n) is 2.72. The average molecular weight is 506 g/mol. The Labute approximate surface area is 195 Å². The van der Waals surface area contributed by atoms with Crippen LogP contribution in [0.2, 0.25) is 0 Å². The van der Waals surface area contributed by atoms with Gasteiger partial charge in [0.1, 0.15) is 11.4 Å². The minimum absolute atomic E-state index is 0.0268. The highest BCUT2D eigenvalue weighted by Gasteiger charge is 2.38. The van der Waals surface area contributed by atoms with Crippen molar-refractivity contribution in [2.75, 3.05) is 22.7 Å². The van der Waals surface area contributed by atoms with Crippen LogP contribution >= 0.6 is 0 Å². The molecule has 188 valence electrons. The first-order chi connectivity index (χ1) is 15.7. The van der Waals surface area contributed by atoms with Crippen LogP contribution in [0.5, 0.6) is 0 Å². The third-order valence-corrected chi connectivity index (χ3v) is 5.61. The summed E-state index contributed by atoms with van der Waals surface area (Å²) in [6.45, 7) is 7.23. The molecule has 2 rings (SSSR count). The molecule has 0 aliphatic heterocycles. The number of carboxylic acids is 2. The lowest BCUT2D eigenvalue weighted by atomic mass is 10.2. The van der Waals surface area contributed by atoms with Crippen molar-refractivity contribution in [1.29, 1.82) is 0 Å². The van der Waals surface area contributed by atoms with E-state index < -0.39 is 28.1 Å². The predicted octanol–water partition coefficient (Wildman–Crippen LogP) is 4.15. The largest absolute Gasteiger partial charge is 0.490 e. The normalized spacial score (nSPS) is 11.2. The van der Waals surface area contributed by atoms with Crippen LogP contribution in [0.3, 0.4) is 0 Å². The number of pyridine rings is 1. The van der Waals surface area contributed by atoms with Crippen LogP contribution in [-0.4, -0.2) is 54.8 Å². The van der Waals surface area contributed by atoms with Gasteiger partial charge in [0.2, 0.25) is 0 Å². The Hall–Kier alpha value is -3.35. The Morgan fingerprint density at radius 1 is 1.06 bits per heavy atom. The summed E-state index contributed by atoms with van der Waals surface area (Å²) in [5.74, 6) is -3.55. The van der Waals surface area contributed by atoms with Crippen molar-refractivity contribution < 1.29 is 41.4 Å². The Bertz CT molecular complexity index is 1080. The molecule has 0 aliphatic carbocycles. The summed E-state index contributed by atoms with van der Waals surface area (Å²) in [4.78, 5) is 26.9. The first-order valence-electron chi connectivity index (χ1n) is 10.1. The fraction of sp³-hybridized carbons (Fsp3) is 0.381. The molecule has 34 heavy (non-hydrogen) atoms. The van der Waals surface area contributed by atoms with Gasteiger partial charge in [-0.1, -0.05) is 31.5 Å². The van der Waals surface area contributed by atoms with E-state index in [2.05, 4.69) is 9.71 Å². The Morgan fingerprint density at radius 3 is 1.97 bits per heavy atom. The van der Waals surface area contributed by atoms with E-state index in [0.29, 0.717) is 18.9 Å². The molecule has 1 aromatic carbocycles. The lowest BCUT2D eigenvalue weighted by Crippen LogP contribution is -2.28. The number of carboxylic acid groups (broad SMARTS) is 2. The second-order valence-corrected chi connectivity index (χ2v) is 8.79. The molecule has 0 radical (unpaired) electrons. The van der Waals surface area contributed by atoms with E-state index in [1.807, 2.05) is 25.7 Å². The van der Waals surface area contributed by atoms with Gasteiger partial charge in [-0.2, -0.15) is 13.2 Å². The lowest BCUT2D eigenvalue weighted by Gasteiger charge is -2.24. The van der Waals surface area contributed by atoms with Gasteiger partial charge in [-0.3, -0.25) is 4.72 Å². The van der Waals surface area contributed by atoms with Crippen molar-refractivity contribution in [3.63, 3.8) is 0 Å². The number of aromatic carboxylic acids is 1. The van der Waals surface area contributed by atoms with Gasteiger partial charge in [0.05, 0.1) is 16.8 Å². The molecule has 9 nitrogen and oxygen atoms in total. The van der Waals surface area contributed by atoms with E-state index in [1.54, 1.807) is 12.1 Å². The number of anilines is 2. The summed E-state index contributed by atoms with van der Waals surface area (Å²) in [5, 5.41) is 16.7. The molecule has 1 aromatic heterocycles. The number of nitrogens with one attached hydrogen (secondary N) is 1. The number of aromatic nitrogens is 1. The number of sulfonamides is 1. The van der Waals surface area contributed by atoms with Gasteiger partial charge in [0.25, 0.3) is 10.0 Å². The van der Waals surface area contributed by atoms with Gasteiger partial charge < -0.3 is 15.1 Å². The summed E-state index contributed by atoms with van der Waals surface area (Å²) < 4.78 is 59.2. The molecule has 0 unspecified atom stereocenters. The molecule has 0 saturated carbocycles. The standard InChI is InChI=1S/C19H25N3O4S.C2HF3O2/c1-4-10-22(11-5-2)18-17(19(23)24)12-15(13-20-18)21-27(25,26)16-8-6-14(3)7-9-16;3-2(4,5)1(6)7/h6-9,12-13,21H,4-5,10-11H2,1-3H3,(H,23,24);(H,6,7). The zero-order valence-electron chi connectivity index (χ0n) is 18.8. The highest BCUT2D eigenvalue weighted by molar-refractivity contribution is 7.92. The highest BCUT2D eigenvalue weighted by Crippen LogP contribution is 2.24. The van der Waals surface area contributed by atoms with Crippen LogP contribution in [0.1, 0.15) is 42.6 Å². The summed E-state index contributed by atoms with van der Waals surface area (Å²) in [5.41, 5.74) is 1.03. The molecule has 0 atom stereocenters. The van der Waals surface area contributed by atoms with Crippen molar-refractivity contribution >= 4 is 33.5 Å². The number of halogens is 3. The number of nitrogens with zero attached hydrogens (tertiary/aromatic N) is 2. The van der Waals surface area contributed by atoms with Crippen molar-refractivity contribution in [2.45, 2.75) is 44.7 Å². The maximum absolute atomic E-state index is 12.5. The van der Waals surface area contributed by atoms with Gasteiger partial charge in [-0.05, 0) is 38.0 Å². The van der Waals surface area contributed by atoms with E-state index in [1.165, 1.54) is 24.4 Å². The second kappa shape index (κ2) is 12.2. The van der Waals surface area contributed by atoms with Crippen molar-refractivity contribution in [3.05, 3.63) is 47.7 Å². The number of carbonyl (C=O) groups is 2. The summed E-state index contributed by atoms with van der Waals surface area (Å²) in [6, 6.07) is 7.72. The second-order valence-electron chi connectivity index (χ2n) is 7.11. The minimum atomic E-state index is -5.08. The molecule has 13 heteroatoms. The molecular weight excluding hydrogens is 479 g/mol. The zero-order valence-corrected chi connectivity index (χ0v) is 19.6. The van der Waals surface area contributed by atoms with Crippen LogP contribution in [0.25, 0.3) is 0 Å². The average Bonchev–Trinajstić information content (AvgIpc) is 2.73. The first-order valence-corrected chi connectivity index (χ1v) is 11.6. The number of aliphatic carboxylic acids is 1. The number of benzene rings is 1. The Balaban J connectivity index is 0.000000718. The maximum Gasteiger partial charge on any atom is 0.490 e. The molecule has 0 saturated heterocycles. The number of hydrogen-bond acceptors (Lipinski definition) is 6. The topological polar surface area (TPSA) is 137 Å². The van der Waals surface area contributed by atoms with Gasteiger partial charge in [0, 0.05) is 13.1 Å². The van der Waals surface area contributed by atoms with Crippen LogP contribution in [0.4, 0.5) is 24.7 Å². The molecule has 0 spiro atoms. The van der Waals surface area contributed by atoms with Gasteiger partial charge in [-0.25, -0.2) is 23.0 Å². The number of hydrogen-bond donors (Lipinski definition) is 3. The molecule has 1 heterocycles. The van der Waals surface area contributed by atoms with Crippen molar-refractivity contribution in [1.82, 2.24) is 4.98 Å². The predicted molar refractivity (Wildman–Crippen MR) is 120 cm³/mol. The van der Waals surface area contributed by atoms with E-state index in [9.17, 15) is 31.5 Å². The smallest absolute Gasteiger partial charge is 0.478 e. The van der Waals surface area contributed by atoms with Gasteiger partial charge in [-0.15, -0.1) is 0 Å². The lowest BCUT2D eigenvalue weighted by molar-refractivity contribution is -0.192. The van der Waals surface area contributed by atoms with Gasteiger partial charge in [0.15, 0.2) is 0 Å². The molecule has 2 aromatic rings. The van der Waals surface area contributed by atoms with E-state index in [0.717, 1.165) is 18.4 Å². The quantitative estimate of drug-likeness (QED) is 0.462. The van der Waals surface area contributed by atoms with Crippen LogP contribution in [0, 0.1) is 6.92 Å². The molecule has 0 aliphatic rings. The van der Waals surface area contributed by atoms with E-state index in [-0.39, 0.29) is 16.1 Å². The van der Waals surface area contributed by atoms with Gasteiger partial charge >= 0.3 is 18.1 Å². The van der Waals surface area contributed by atoms with E-state index in [4.69, 9.17) is 9.90 Å². The molecule has 3 N–H and O–H groups in total. The summed E-state index contributed by atoms with van der Waals surface area (Å²) >= 11 is 0. The molecule has 0 amide bonds. The third-order valence-electron chi connectivity index (χ3n) is 4.21. The van der Waals surface area contributed by atoms with Crippen LogP contribution in [-0.2, 0) is 14.8 Å². The number of aryl methyl sites for hydroxylation is 1. The monoisotopic (exact) mass is 505 g/mol. The SMILES string of the molecule is CCCN(CCC)c1ncc(NS(=O)(=O)c2ccc(C)cc2)cc1C(=O)O.O=C(O)C(F)(F)F. The minimum Gasteiger partial charge on any atom is -0.478 e. The van der Waals surface area contributed by atoms with Crippen LogP contribution < -0.4 is 9.62 Å².